The van der Waals surface area contributed by atoms with Crippen molar-refractivity contribution in [3.05, 3.63) is 89.7 Å². The molecule has 4 aromatic rings. The summed E-state index contributed by atoms with van der Waals surface area (Å²) in [7, 11) is -3.99. The van der Waals surface area contributed by atoms with Crippen LogP contribution in [0.5, 0.6) is 11.5 Å². The molecule has 0 fully saturated rings. The van der Waals surface area contributed by atoms with E-state index in [-0.39, 0.29) is 11.5 Å². The first-order valence-electron chi connectivity index (χ1n) is 10.6. The number of hydrogen-bond donors (Lipinski definition) is 2. The Hall–Kier alpha value is -3.33. The van der Waals surface area contributed by atoms with E-state index in [1.807, 2.05) is 30.3 Å². The smallest absolute Gasteiger partial charge is 0.241 e. The first-order valence-corrected chi connectivity index (χ1v) is 12.1. The van der Waals surface area contributed by atoms with E-state index in [1.54, 1.807) is 30.3 Å². The molecule has 1 aliphatic rings. The van der Waals surface area contributed by atoms with Crippen LogP contribution in [-0.4, -0.2) is 26.7 Å². The SMILES string of the molecule is O=S(=O)(N[C@@H](c1cc2ccccc2o1)c1ccccc1CO)c1ccc2c(c1)OCCCO2. The predicted octanol–water partition coefficient (Wildman–Crippen LogP) is 4.15. The average molecular weight is 466 g/mol. The van der Waals surface area contributed by atoms with Crippen LogP contribution < -0.4 is 14.2 Å². The maximum Gasteiger partial charge on any atom is 0.241 e. The lowest BCUT2D eigenvalue weighted by atomic mass is 9.99. The van der Waals surface area contributed by atoms with Gasteiger partial charge in [0.05, 0.1) is 24.7 Å². The normalized spacial score (nSPS) is 14.7. The number of hydrogen-bond acceptors (Lipinski definition) is 6. The van der Waals surface area contributed by atoms with Crippen LogP contribution in [0.15, 0.2) is 82.1 Å². The van der Waals surface area contributed by atoms with Gasteiger partial charge >= 0.3 is 0 Å². The van der Waals surface area contributed by atoms with Crippen molar-refractivity contribution in [1.82, 2.24) is 4.72 Å². The molecule has 3 aromatic carbocycles. The van der Waals surface area contributed by atoms with Crippen molar-refractivity contribution >= 4 is 21.0 Å². The molecule has 1 aromatic heterocycles. The summed E-state index contributed by atoms with van der Waals surface area (Å²) < 4.78 is 47.0. The summed E-state index contributed by atoms with van der Waals surface area (Å²) in [6.07, 6.45) is 0.723. The molecule has 8 heteroatoms. The second kappa shape index (κ2) is 8.90. The second-order valence-corrected chi connectivity index (χ2v) is 9.47. The summed E-state index contributed by atoms with van der Waals surface area (Å²) in [6, 6.07) is 20.1. The molecule has 0 saturated heterocycles. The van der Waals surface area contributed by atoms with Crippen molar-refractivity contribution in [2.45, 2.75) is 24.0 Å². The Morgan fingerprint density at radius 2 is 1.67 bits per heavy atom. The molecule has 5 rings (SSSR count). The lowest BCUT2D eigenvalue weighted by Gasteiger charge is -2.20. The molecule has 0 saturated carbocycles. The number of benzene rings is 3. The van der Waals surface area contributed by atoms with Crippen molar-refractivity contribution < 1.29 is 27.4 Å². The van der Waals surface area contributed by atoms with Gasteiger partial charge in [0.25, 0.3) is 0 Å². The lowest BCUT2D eigenvalue weighted by molar-refractivity contribution is 0.279. The van der Waals surface area contributed by atoms with E-state index in [0.717, 1.165) is 11.8 Å². The fraction of sp³-hybridized carbons (Fsp3) is 0.200. The molecule has 33 heavy (non-hydrogen) atoms. The molecular formula is C25H23NO6S. The van der Waals surface area contributed by atoms with Crippen LogP contribution in [-0.2, 0) is 16.6 Å². The molecule has 2 heterocycles. The van der Waals surface area contributed by atoms with Gasteiger partial charge < -0.3 is 19.0 Å². The average Bonchev–Trinajstić information content (AvgIpc) is 3.12. The summed E-state index contributed by atoms with van der Waals surface area (Å²) in [5.74, 6) is 1.34. The largest absolute Gasteiger partial charge is 0.490 e. The van der Waals surface area contributed by atoms with Gasteiger partial charge in [-0.05, 0) is 35.4 Å². The van der Waals surface area contributed by atoms with Crippen molar-refractivity contribution in [3.8, 4) is 11.5 Å². The quantitative estimate of drug-likeness (QED) is 0.444. The van der Waals surface area contributed by atoms with Crippen LogP contribution in [0, 0.1) is 0 Å². The van der Waals surface area contributed by atoms with Gasteiger partial charge in [-0.2, -0.15) is 4.72 Å². The molecule has 170 valence electrons. The van der Waals surface area contributed by atoms with Crippen molar-refractivity contribution in [1.29, 1.82) is 0 Å². The van der Waals surface area contributed by atoms with Crippen LogP contribution in [0.25, 0.3) is 11.0 Å². The number of nitrogens with one attached hydrogen (secondary N) is 1. The highest BCUT2D eigenvalue weighted by atomic mass is 32.2. The zero-order chi connectivity index (χ0) is 22.8. The number of sulfonamides is 1. The van der Waals surface area contributed by atoms with Crippen molar-refractivity contribution in [2.24, 2.45) is 0 Å². The highest BCUT2D eigenvalue weighted by Gasteiger charge is 2.28. The summed E-state index contributed by atoms with van der Waals surface area (Å²) in [6.45, 7) is 0.734. The topological polar surface area (TPSA) is 98.0 Å². The Kier molecular flexibility index (Phi) is 5.80. The molecule has 7 nitrogen and oxygen atoms in total. The van der Waals surface area contributed by atoms with Gasteiger partial charge in [0, 0.05) is 17.9 Å². The third kappa shape index (κ3) is 4.32. The zero-order valence-corrected chi connectivity index (χ0v) is 18.5. The zero-order valence-electron chi connectivity index (χ0n) is 17.7. The standard InChI is InChI=1S/C25H23NO6S/c27-16-18-7-1-3-8-20(18)25(24-14-17-6-2-4-9-21(17)32-24)26-33(28,29)19-10-11-22-23(15-19)31-13-5-12-30-22/h1-4,6-11,14-15,25-27H,5,12-13,16H2/t25-/m1/s1. The van der Waals surface area contributed by atoms with Crippen molar-refractivity contribution in [2.75, 3.05) is 13.2 Å². The summed E-state index contributed by atoms with van der Waals surface area (Å²) >= 11 is 0. The van der Waals surface area contributed by atoms with Gasteiger partial charge in [-0.25, -0.2) is 8.42 Å². The first kappa shape index (κ1) is 21.5. The molecule has 0 amide bonds. The van der Waals surface area contributed by atoms with E-state index in [4.69, 9.17) is 13.9 Å². The van der Waals surface area contributed by atoms with Gasteiger partial charge in [0.2, 0.25) is 10.0 Å². The first-order chi connectivity index (χ1) is 16.0. The molecule has 2 N–H and O–H groups in total. The predicted molar refractivity (Wildman–Crippen MR) is 123 cm³/mol. The molecule has 0 unspecified atom stereocenters. The highest BCUT2D eigenvalue weighted by molar-refractivity contribution is 7.89. The van der Waals surface area contributed by atoms with E-state index in [9.17, 15) is 13.5 Å². The third-order valence-electron chi connectivity index (χ3n) is 5.57. The summed E-state index contributed by atoms with van der Waals surface area (Å²) in [4.78, 5) is 0.0503. The van der Waals surface area contributed by atoms with Gasteiger partial charge in [-0.3, -0.25) is 0 Å². The third-order valence-corrected chi connectivity index (χ3v) is 6.99. The number of aliphatic hydroxyl groups is 1. The van der Waals surface area contributed by atoms with Crippen LogP contribution in [0.4, 0.5) is 0 Å². The Balaban J connectivity index is 1.57. The molecule has 0 spiro atoms. The molecule has 0 aliphatic carbocycles. The number of aliphatic hydroxyl groups excluding tert-OH is 1. The number of ether oxygens (including phenoxy) is 2. The molecule has 0 bridgehead atoms. The molecule has 1 aliphatic heterocycles. The van der Waals surface area contributed by atoms with E-state index in [2.05, 4.69) is 4.72 Å². The Labute approximate surface area is 191 Å². The van der Waals surface area contributed by atoms with Crippen LogP contribution in [0.3, 0.4) is 0 Å². The van der Waals surface area contributed by atoms with Gasteiger partial charge in [0.1, 0.15) is 17.4 Å². The molecule has 0 radical (unpaired) electrons. The summed E-state index contributed by atoms with van der Waals surface area (Å²) in [5.41, 5.74) is 1.86. The van der Waals surface area contributed by atoms with E-state index < -0.39 is 16.1 Å². The Morgan fingerprint density at radius 3 is 2.48 bits per heavy atom. The van der Waals surface area contributed by atoms with Crippen LogP contribution in [0.2, 0.25) is 0 Å². The number of furan rings is 1. The number of para-hydroxylation sites is 1. The van der Waals surface area contributed by atoms with Gasteiger partial charge in [-0.1, -0.05) is 42.5 Å². The monoisotopic (exact) mass is 465 g/mol. The minimum Gasteiger partial charge on any atom is -0.490 e. The summed E-state index contributed by atoms with van der Waals surface area (Å²) in [5, 5.41) is 10.7. The van der Waals surface area contributed by atoms with E-state index >= 15 is 0 Å². The molecular weight excluding hydrogens is 442 g/mol. The number of rotatable bonds is 6. The fourth-order valence-electron chi connectivity index (χ4n) is 3.91. The fourth-order valence-corrected chi connectivity index (χ4v) is 5.11. The van der Waals surface area contributed by atoms with Crippen LogP contribution in [0.1, 0.15) is 29.3 Å². The Morgan fingerprint density at radius 1 is 0.909 bits per heavy atom. The second-order valence-electron chi connectivity index (χ2n) is 7.76. The minimum atomic E-state index is -3.99. The maximum atomic E-state index is 13.5. The van der Waals surface area contributed by atoms with Gasteiger partial charge in [-0.15, -0.1) is 0 Å². The lowest BCUT2D eigenvalue weighted by Crippen LogP contribution is -2.30. The Bertz CT molecular complexity index is 1360. The van der Waals surface area contributed by atoms with Gasteiger partial charge in [0.15, 0.2) is 11.5 Å². The van der Waals surface area contributed by atoms with Crippen molar-refractivity contribution in [3.63, 3.8) is 0 Å². The molecule has 1 atom stereocenters. The van der Waals surface area contributed by atoms with E-state index in [0.29, 0.717) is 47.2 Å². The number of fused-ring (bicyclic) bond motifs is 2. The highest BCUT2D eigenvalue weighted by Crippen LogP contribution is 2.34. The van der Waals surface area contributed by atoms with Crippen LogP contribution >= 0.6 is 0 Å². The van der Waals surface area contributed by atoms with E-state index in [1.165, 1.54) is 12.1 Å². The minimum absolute atomic E-state index is 0.0503. The maximum absolute atomic E-state index is 13.5.